The number of nitrogens with zero attached hydrogens (tertiary/aromatic N) is 4. The van der Waals surface area contributed by atoms with Gasteiger partial charge in [0, 0.05) is 64.9 Å². The molecule has 2 saturated heterocycles. The van der Waals surface area contributed by atoms with E-state index in [-0.39, 0.29) is 0 Å². The molecule has 0 aliphatic carbocycles. The first kappa shape index (κ1) is 19.2. The molecule has 0 radical (unpaired) electrons. The second-order valence-electron chi connectivity index (χ2n) is 7.50. The maximum atomic E-state index is 4.41. The summed E-state index contributed by atoms with van der Waals surface area (Å²) < 4.78 is 0. The summed E-state index contributed by atoms with van der Waals surface area (Å²) in [5.41, 5.74) is 1.25. The van der Waals surface area contributed by atoms with E-state index in [4.69, 9.17) is 0 Å². The van der Waals surface area contributed by atoms with Gasteiger partial charge in [0.05, 0.1) is 0 Å². The fourth-order valence-corrected chi connectivity index (χ4v) is 3.54. The third-order valence-corrected chi connectivity index (χ3v) is 5.13. The summed E-state index contributed by atoms with van der Waals surface area (Å²) in [7, 11) is 6.28. The standard InChI is InChI=1S/C18H36N6/c1-15(2)13-24-8-6-16(7-9-24)21-18(19-3)20-12-17-14-22(4)10-11-23(17)5/h16-17H,1,6-14H2,2-5H3,(H2,19,20,21). The van der Waals surface area contributed by atoms with Crippen molar-refractivity contribution in [3.63, 3.8) is 0 Å². The lowest BCUT2D eigenvalue weighted by molar-refractivity contribution is 0.116. The van der Waals surface area contributed by atoms with Gasteiger partial charge in [0.1, 0.15) is 0 Å². The average Bonchev–Trinajstić information content (AvgIpc) is 2.55. The number of likely N-dealkylation sites (N-methyl/N-ethyl adjacent to an activating group) is 2. The minimum Gasteiger partial charge on any atom is -0.355 e. The van der Waals surface area contributed by atoms with Crippen molar-refractivity contribution >= 4 is 5.96 Å². The van der Waals surface area contributed by atoms with Gasteiger partial charge in [-0.15, -0.1) is 0 Å². The maximum Gasteiger partial charge on any atom is 0.191 e. The van der Waals surface area contributed by atoms with Crippen molar-refractivity contribution < 1.29 is 0 Å². The first-order valence-corrected chi connectivity index (χ1v) is 9.20. The van der Waals surface area contributed by atoms with Gasteiger partial charge >= 0.3 is 0 Å². The molecule has 2 aliphatic rings. The summed E-state index contributed by atoms with van der Waals surface area (Å²) in [6.45, 7) is 13.8. The Morgan fingerprint density at radius 1 is 1.17 bits per heavy atom. The van der Waals surface area contributed by atoms with Crippen LogP contribution in [-0.2, 0) is 0 Å². The summed E-state index contributed by atoms with van der Waals surface area (Å²) in [5.74, 6) is 0.940. The molecule has 2 heterocycles. The van der Waals surface area contributed by atoms with E-state index >= 15 is 0 Å². The lowest BCUT2D eigenvalue weighted by Gasteiger charge is -2.38. The molecule has 6 heteroatoms. The molecule has 24 heavy (non-hydrogen) atoms. The van der Waals surface area contributed by atoms with E-state index in [1.807, 2.05) is 7.05 Å². The van der Waals surface area contributed by atoms with Crippen LogP contribution in [0.2, 0.25) is 0 Å². The predicted octanol–water partition coefficient (Wildman–Crippen LogP) is 0.438. The van der Waals surface area contributed by atoms with Crippen molar-refractivity contribution in [3.05, 3.63) is 12.2 Å². The number of rotatable bonds is 5. The normalized spacial score (nSPS) is 25.7. The smallest absolute Gasteiger partial charge is 0.191 e. The van der Waals surface area contributed by atoms with E-state index in [0.717, 1.165) is 51.8 Å². The van der Waals surface area contributed by atoms with Crippen molar-refractivity contribution in [3.8, 4) is 0 Å². The molecule has 2 N–H and O–H groups in total. The molecule has 0 amide bonds. The van der Waals surface area contributed by atoms with Gasteiger partial charge in [0.15, 0.2) is 5.96 Å². The van der Waals surface area contributed by atoms with Crippen molar-refractivity contribution in [1.82, 2.24) is 25.3 Å². The Hall–Kier alpha value is -1.11. The monoisotopic (exact) mass is 336 g/mol. The molecule has 6 nitrogen and oxygen atoms in total. The Morgan fingerprint density at radius 3 is 2.50 bits per heavy atom. The van der Waals surface area contributed by atoms with Gasteiger partial charge in [-0.25, -0.2) is 0 Å². The van der Waals surface area contributed by atoms with E-state index in [0.29, 0.717) is 12.1 Å². The molecular formula is C18H36N6. The van der Waals surface area contributed by atoms with Crippen molar-refractivity contribution in [1.29, 1.82) is 0 Å². The third kappa shape index (κ3) is 6.07. The summed E-state index contributed by atoms with van der Waals surface area (Å²) in [6.07, 6.45) is 2.33. The molecule has 138 valence electrons. The number of guanidine groups is 1. The molecule has 0 aromatic rings. The van der Waals surface area contributed by atoms with Gasteiger partial charge in [-0.1, -0.05) is 12.2 Å². The number of hydrogen-bond acceptors (Lipinski definition) is 4. The van der Waals surface area contributed by atoms with Gasteiger partial charge in [0.25, 0.3) is 0 Å². The number of likely N-dealkylation sites (tertiary alicyclic amines) is 1. The Bertz CT molecular complexity index is 427. The zero-order chi connectivity index (χ0) is 17.5. The van der Waals surface area contributed by atoms with E-state index in [9.17, 15) is 0 Å². The van der Waals surface area contributed by atoms with Crippen LogP contribution < -0.4 is 10.6 Å². The first-order valence-electron chi connectivity index (χ1n) is 9.20. The van der Waals surface area contributed by atoms with Crippen molar-refractivity contribution in [2.75, 3.05) is 67.0 Å². The molecular weight excluding hydrogens is 300 g/mol. The van der Waals surface area contributed by atoms with E-state index < -0.39 is 0 Å². The molecule has 2 rings (SSSR count). The quantitative estimate of drug-likeness (QED) is 0.433. The highest BCUT2D eigenvalue weighted by atomic mass is 15.3. The van der Waals surface area contributed by atoms with Crippen LogP contribution in [0, 0.1) is 0 Å². The lowest BCUT2D eigenvalue weighted by atomic mass is 10.0. The molecule has 2 aliphatic heterocycles. The average molecular weight is 337 g/mol. The highest BCUT2D eigenvalue weighted by Crippen LogP contribution is 2.11. The fourth-order valence-electron chi connectivity index (χ4n) is 3.54. The van der Waals surface area contributed by atoms with Crippen LogP contribution in [-0.4, -0.2) is 99.7 Å². The third-order valence-electron chi connectivity index (χ3n) is 5.13. The van der Waals surface area contributed by atoms with Crippen LogP contribution >= 0.6 is 0 Å². The first-order chi connectivity index (χ1) is 11.5. The Labute approximate surface area is 148 Å². The van der Waals surface area contributed by atoms with Crippen LogP contribution in [0.25, 0.3) is 0 Å². The summed E-state index contributed by atoms with van der Waals surface area (Å²) in [6, 6.07) is 1.06. The molecule has 0 bridgehead atoms. The van der Waals surface area contributed by atoms with E-state index in [2.05, 4.69) is 57.9 Å². The number of hydrogen-bond donors (Lipinski definition) is 2. The van der Waals surface area contributed by atoms with Gasteiger partial charge in [-0.05, 0) is 33.9 Å². The van der Waals surface area contributed by atoms with Crippen LogP contribution in [0.15, 0.2) is 17.1 Å². The zero-order valence-corrected chi connectivity index (χ0v) is 16.0. The zero-order valence-electron chi connectivity index (χ0n) is 16.0. The number of aliphatic imine (C=N–C) groups is 1. The van der Waals surface area contributed by atoms with Crippen LogP contribution in [0.3, 0.4) is 0 Å². The maximum absolute atomic E-state index is 4.41. The predicted molar refractivity (Wildman–Crippen MR) is 103 cm³/mol. The van der Waals surface area contributed by atoms with Crippen LogP contribution in [0.5, 0.6) is 0 Å². The molecule has 0 saturated carbocycles. The molecule has 0 aromatic heterocycles. The lowest BCUT2D eigenvalue weighted by Crippen LogP contribution is -2.56. The van der Waals surface area contributed by atoms with E-state index in [1.165, 1.54) is 18.4 Å². The van der Waals surface area contributed by atoms with Gasteiger partial charge in [-0.3, -0.25) is 14.8 Å². The molecule has 2 fully saturated rings. The van der Waals surface area contributed by atoms with E-state index in [1.54, 1.807) is 0 Å². The summed E-state index contributed by atoms with van der Waals surface area (Å²) in [4.78, 5) is 11.7. The van der Waals surface area contributed by atoms with Crippen LogP contribution in [0.1, 0.15) is 19.8 Å². The van der Waals surface area contributed by atoms with Crippen LogP contribution in [0.4, 0.5) is 0 Å². The highest BCUT2D eigenvalue weighted by Gasteiger charge is 2.23. The largest absolute Gasteiger partial charge is 0.355 e. The number of piperidine rings is 1. The minimum absolute atomic E-state index is 0.518. The highest BCUT2D eigenvalue weighted by molar-refractivity contribution is 5.80. The summed E-state index contributed by atoms with van der Waals surface area (Å²) >= 11 is 0. The van der Waals surface area contributed by atoms with Crippen molar-refractivity contribution in [2.45, 2.75) is 31.8 Å². The van der Waals surface area contributed by atoms with Gasteiger partial charge in [0.2, 0.25) is 0 Å². The number of piperazine rings is 1. The molecule has 0 aromatic carbocycles. The fraction of sp³-hybridized carbons (Fsp3) is 0.833. The second kappa shape index (κ2) is 9.39. The topological polar surface area (TPSA) is 46.1 Å². The molecule has 0 spiro atoms. The number of nitrogens with one attached hydrogen (secondary N) is 2. The molecule has 1 atom stereocenters. The van der Waals surface area contributed by atoms with Gasteiger partial charge < -0.3 is 15.5 Å². The molecule has 1 unspecified atom stereocenters. The Kier molecular flexibility index (Phi) is 7.52. The Morgan fingerprint density at radius 2 is 1.88 bits per heavy atom. The summed E-state index contributed by atoms with van der Waals surface area (Å²) in [5, 5.41) is 7.13. The second-order valence-corrected chi connectivity index (χ2v) is 7.50. The SMILES string of the molecule is C=C(C)CN1CCC(NC(=NC)NCC2CN(C)CCN2C)CC1. The minimum atomic E-state index is 0.518. The Balaban J connectivity index is 1.72. The van der Waals surface area contributed by atoms with Crippen molar-refractivity contribution in [2.24, 2.45) is 4.99 Å². The van der Waals surface area contributed by atoms with Gasteiger partial charge in [-0.2, -0.15) is 0 Å².